The van der Waals surface area contributed by atoms with Crippen LogP contribution in [0.25, 0.3) is 0 Å². The molecular weight excluding hydrogens is 419 g/mol. The molecule has 0 unspecified atom stereocenters. The number of amides is 1. The van der Waals surface area contributed by atoms with Crippen molar-refractivity contribution in [2.45, 2.75) is 37.5 Å². The van der Waals surface area contributed by atoms with E-state index >= 15 is 0 Å². The minimum Gasteiger partial charge on any atom is -0.325 e. The summed E-state index contributed by atoms with van der Waals surface area (Å²) in [5, 5.41) is 5.03. The highest BCUT2D eigenvalue weighted by Crippen LogP contribution is 2.40. The van der Waals surface area contributed by atoms with Gasteiger partial charge in [0.1, 0.15) is 10.8 Å². The van der Waals surface area contributed by atoms with Crippen LogP contribution in [0.1, 0.15) is 36.1 Å². The number of hydrogen-bond donors (Lipinski definition) is 1. The zero-order chi connectivity index (χ0) is 20.5. The van der Waals surface area contributed by atoms with Crippen molar-refractivity contribution in [3.05, 3.63) is 52.2 Å². The van der Waals surface area contributed by atoms with E-state index in [9.17, 15) is 18.0 Å². The second kappa shape index (κ2) is 7.95. The van der Waals surface area contributed by atoms with Crippen molar-refractivity contribution in [1.29, 1.82) is 0 Å². The highest BCUT2D eigenvalue weighted by atomic mass is 32.2. The van der Waals surface area contributed by atoms with Gasteiger partial charge in [-0.05, 0) is 49.3 Å². The van der Waals surface area contributed by atoms with Crippen LogP contribution in [-0.4, -0.2) is 28.1 Å². The van der Waals surface area contributed by atoms with E-state index in [4.69, 9.17) is 9.98 Å². The second-order valence-electron chi connectivity index (χ2n) is 6.92. The number of thioether (sulfide) groups is 1. The number of benzene rings is 1. The Kier molecular flexibility index (Phi) is 5.52. The number of carbonyl (C=O) groups excluding carboxylic acids is 1. The number of nitrogens with zero attached hydrogens (tertiary/aromatic N) is 2. The summed E-state index contributed by atoms with van der Waals surface area (Å²) >= 11 is 2.78. The van der Waals surface area contributed by atoms with Crippen molar-refractivity contribution < 1.29 is 18.0 Å². The van der Waals surface area contributed by atoms with Crippen molar-refractivity contribution in [1.82, 2.24) is 0 Å². The fourth-order valence-corrected chi connectivity index (χ4v) is 5.17. The largest absolute Gasteiger partial charge is 0.418 e. The Morgan fingerprint density at radius 3 is 2.59 bits per heavy atom. The van der Waals surface area contributed by atoms with Crippen LogP contribution in [0.5, 0.6) is 0 Å². The van der Waals surface area contributed by atoms with Crippen molar-refractivity contribution in [2.75, 3.05) is 11.1 Å². The average Bonchev–Trinajstić information content (AvgIpc) is 3.41. The Bertz CT molecular complexity index is 962. The SMILES string of the molecule is O=C(CSC1=NC2(CCCC2)N=C1c1cccs1)Nc1ccccc1C(F)(F)F. The number of para-hydroxylation sites is 1. The quantitative estimate of drug-likeness (QED) is 0.676. The van der Waals surface area contributed by atoms with E-state index in [-0.39, 0.29) is 11.4 Å². The summed E-state index contributed by atoms with van der Waals surface area (Å²) in [7, 11) is 0. The monoisotopic (exact) mass is 437 g/mol. The van der Waals surface area contributed by atoms with Crippen molar-refractivity contribution in [3.8, 4) is 0 Å². The van der Waals surface area contributed by atoms with Crippen molar-refractivity contribution >= 4 is 45.4 Å². The van der Waals surface area contributed by atoms with Gasteiger partial charge in [0.15, 0.2) is 5.66 Å². The first-order chi connectivity index (χ1) is 13.9. The van der Waals surface area contributed by atoms with Gasteiger partial charge in [-0.25, -0.2) is 4.99 Å². The van der Waals surface area contributed by atoms with Gasteiger partial charge in [0, 0.05) is 0 Å². The lowest BCUT2D eigenvalue weighted by Crippen LogP contribution is -2.20. The lowest BCUT2D eigenvalue weighted by Gasteiger charge is -2.14. The molecule has 1 aliphatic heterocycles. The Balaban J connectivity index is 1.47. The number of halogens is 3. The number of nitrogens with one attached hydrogen (secondary N) is 1. The number of carbonyl (C=O) groups is 1. The van der Waals surface area contributed by atoms with Crippen LogP contribution in [0.4, 0.5) is 18.9 Å². The van der Waals surface area contributed by atoms with E-state index in [2.05, 4.69) is 5.32 Å². The molecule has 1 aromatic heterocycles. The van der Waals surface area contributed by atoms with Crippen molar-refractivity contribution in [3.63, 3.8) is 0 Å². The van der Waals surface area contributed by atoms with Crippen LogP contribution < -0.4 is 5.32 Å². The van der Waals surface area contributed by atoms with Gasteiger partial charge in [-0.3, -0.25) is 9.79 Å². The maximum Gasteiger partial charge on any atom is 0.418 e. The number of aliphatic imine (C=N–C) groups is 2. The normalized spacial score (nSPS) is 18.0. The molecule has 1 fully saturated rings. The van der Waals surface area contributed by atoms with Crippen LogP contribution in [0.3, 0.4) is 0 Å². The molecule has 0 saturated heterocycles. The van der Waals surface area contributed by atoms with Crippen LogP contribution in [0.2, 0.25) is 0 Å². The molecule has 1 aliphatic carbocycles. The molecule has 1 spiro atoms. The van der Waals surface area contributed by atoms with E-state index in [1.807, 2.05) is 17.5 Å². The standard InChI is InChI=1S/C20H18F3N3OS2/c21-20(22,23)13-6-1-2-7-14(13)24-16(27)12-29-18-17(15-8-5-11-28-15)25-19(26-18)9-3-4-10-19/h1-2,5-8,11H,3-4,9-10,12H2,(H,24,27). The molecule has 2 aliphatic rings. The third-order valence-corrected chi connectivity index (χ3v) is 6.68. The predicted molar refractivity (Wildman–Crippen MR) is 112 cm³/mol. The highest BCUT2D eigenvalue weighted by molar-refractivity contribution is 8.16. The summed E-state index contributed by atoms with van der Waals surface area (Å²) in [4.78, 5) is 23.0. The maximum atomic E-state index is 13.1. The fourth-order valence-electron chi connectivity index (χ4n) is 3.52. The van der Waals surface area contributed by atoms with Gasteiger partial charge in [0.25, 0.3) is 0 Å². The molecule has 1 aromatic carbocycles. The summed E-state index contributed by atoms with van der Waals surface area (Å²) in [6, 6.07) is 8.87. The molecule has 4 nitrogen and oxygen atoms in total. The van der Waals surface area contributed by atoms with Crippen LogP contribution in [0.15, 0.2) is 51.8 Å². The highest BCUT2D eigenvalue weighted by Gasteiger charge is 2.39. The first-order valence-electron chi connectivity index (χ1n) is 9.19. The molecule has 9 heteroatoms. The lowest BCUT2D eigenvalue weighted by molar-refractivity contribution is -0.137. The smallest absolute Gasteiger partial charge is 0.325 e. The van der Waals surface area contributed by atoms with E-state index in [1.165, 1.54) is 30.0 Å². The first kappa shape index (κ1) is 20.2. The molecule has 0 bridgehead atoms. The topological polar surface area (TPSA) is 53.8 Å². The molecule has 4 rings (SSSR count). The van der Waals surface area contributed by atoms with E-state index < -0.39 is 23.3 Å². The van der Waals surface area contributed by atoms with Gasteiger partial charge < -0.3 is 5.32 Å². The van der Waals surface area contributed by atoms with Gasteiger partial charge >= 0.3 is 6.18 Å². The third kappa shape index (κ3) is 4.40. The van der Waals surface area contributed by atoms with Gasteiger partial charge in [-0.1, -0.05) is 30.0 Å². The van der Waals surface area contributed by atoms with E-state index in [0.717, 1.165) is 42.3 Å². The Labute approximate surface area is 174 Å². The minimum atomic E-state index is -4.53. The summed E-state index contributed by atoms with van der Waals surface area (Å²) in [6.45, 7) is 0. The average molecular weight is 438 g/mol. The second-order valence-corrected chi connectivity index (χ2v) is 8.84. The number of anilines is 1. The number of hydrogen-bond acceptors (Lipinski definition) is 5. The molecule has 1 N–H and O–H groups in total. The Hall–Kier alpha value is -2.13. The maximum absolute atomic E-state index is 13.1. The van der Waals surface area contributed by atoms with E-state index in [1.54, 1.807) is 11.3 Å². The zero-order valence-corrected chi connectivity index (χ0v) is 17.0. The Morgan fingerprint density at radius 1 is 1.14 bits per heavy atom. The van der Waals surface area contributed by atoms with Crippen LogP contribution in [-0.2, 0) is 11.0 Å². The summed E-state index contributed by atoms with van der Waals surface area (Å²) in [5.41, 5.74) is -0.739. The Morgan fingerprint density at radius 2 is 1.90 bits per heavy atom. The van der Waals surface area contributed by atoms with Crippen molar-refractivity contribution in [2.24, 2.45) is 9.98 Å². The summed E-state index contributed by atoms with van der Waals surface area (Å²) < 4.78 is 39.4. The molecule has 2 aromatic rings. The third-order valence-electron chi connectivity index (χ3n) is 4.84. The number of rotatable bonds is 4. The lowest BCUT2D eigenvalue weighted by atomic mass is 10.1. The first-order valence-corrected chi connectivity index (χ1v) is 11.1. The molecule has 29 heavy (non-hydrogen) atoms. The van der Waals surface area contributed by atoms with E-state index in [0.29, 0.717) is 5.04 Å². The minimum absolute atomic E-state index is 0.0362. The molecule has 0 radical (unpaired) electrons. The molecule has 1 amide bonds. The molecule has 0 atom stereocenters. The van der Waals surface area contributed by atoms with Crippen LogP contribution in [0, 0.1) is 0 Å². The summed E-state index contributed by atoms with van der Waals surface area (Å²) in [6.07, 6.45) is -0.622. The van der Waals surface area contributed by atoms with Gasteiger partial charge in [0.2, 0.25) is 5.91 Å². The van der Waals surface area contributed by atoms with Gasteiger partial charge in [-0.2, -0.15) is 13.2 Å². The number of alkyl halides is 3. The number of thiophene rings is 1. The predicted octanol–water partition coefficient (Wildman–Crippen LogP) is 5.61. The van der Waals surface area contributed by atoms with Gasteiger partial charge in [-0.15, -0.1) is 11.3 Å². The van der Waals surface area contributed by atoms with Crippen LogP contribution >= 0.6 is 23.1 Å². The molecular formula is C20H18F3N3OS2. The zero-order valence-electron chi connectivity index (χ0n) is 15.3. The molecule has 152 valence electrons. The fraction of sp³-hybridized carbons (Fsp3) is 0.350. The molecule has 1 saturated carbocycles. The van der Waals surface area contributed by atoms with Gasteiger partial charge in [0.05, 0.1) is 21.9 Å². The summed E-state index contributed by atoms with van der Waals surface area (Å²) in [5.74, 6) is -0.543. The molecule has 2 heterocycles.